The van der Waals surface area contributed by atoms with Crippen molar-refractivity contribution in [2.75, 3.05) is 4.90 Å². The minimum Gasteiger partial charge on any atom is -0.477 e. The van der Waals surface area contributed by atoms with Crippen LogP contribution >= 0.6 is 34.4 Å². The molecule has 2 aromatic carbocycles. The van der Waals surface area contributed by atoms with Crippen LogP contribution in [0, 0.1) is 17.1 Å². The molecule has 2 aliphatic rings. The van der Waals surface area contributed by atoms with Crippen molar-refractivity contribution in [1.82, 2.24) is 0 Å². The number of anilines is 2. The number of thiophene rings is 2. The molecular weight excluding hydrogens is 529 g/mol. The first-order valence-electron chi connectivity index (χ1n) is 12.6. The average Bonchev–Trinajstić information content (AvgIpc) is 3.72. The quantitative estimate of drug-likeness (QED) is 0.140. The number of carboxylic acids is 1. The highest BCUT2D eigenvalue weighted by molar-refractivity contribution is 8.01. The topological polar surface area (TPSA) is 64.3 Å². The van der Waals surface area contributed by atoms with E-state index in [0.717, 1.165) is 14.6 Å². The Labute approximate surface area is 234 Å². The van der Waals surface area contributed by atoms with Crippen LogP contribution in [-0.2, 0) is 4.79 Å². The Balaban J connectivity index is 1.29. The van der Waals surface area contributed by atoms with Gasteiger partial charge in [-0.1, -0.05) is 19.4 Å². The van der Waals surface area contributed by atoms with Gasteiger partial charge in [-0.25, -0.2) is 4.79 Å². The molecule has 0 saturated heterocycles. The first-order valence-corrected chi connectivity index (χ1v) is 15.1. The van der Waals surface area contributed by atoms with Crippen LogP contribution in [0.1, 0.15) is 42.5 Å². The van der Waals surface area contributed by atoms with E-state index in [4.69, 9.17) is 10.4 Å². The lowest BCUT2D eigenvalue weighted by Gasteiger charge is -2.27. The number of nitriles is 1. The standard InChI is InChI=1S/C31H25N2O2S3/c1-2-36-22-9-7-21(8-10-22)33-26-5-3-4-24(26)25-17-19(6-12-27(25)33)28-14-15-30(38-28)29-13-11-23(37-29)16-20(18-32)31(34)35/h2,6-17,24,26H,3-5H2,1H3,(H,34,35). The van der Waals surface area contributed by atoms with E-state index in [1.54, 1.807) is 29.2 Å². The highest BCUT2D eigenvalue weighted by Gasteiger charge is 2.42. The average molecular weight is 554 g/mol. The van der Waals surface area contributed by atoms with Crippen LogP contribution < -0.4 is 4.90 Å². The lowest BCUT2D eigenvalue weighted by Crippen LogP contribution is -2.26. The molecule has 1 fully saturated rings. The lowest BCUT2D eigenvalue weighted by molar-refractivity contribution is -0.132. The highest BCUT2D eigenvalue weighted by Crippen LogP contribution is 2.53. The molecule has 7 heteroatoms. The summed E-state index contributed by atoms with van der Waals surface area (Å²) in [6.45, 7) is 2.06. The Kier molecular flexibility index (Phi) is 6.87. The third-order valence-electron chi connectivity index (χ3n) is 7.26. The fraction of sp³-hybridized carbons (Fsp3) is 0.194. The summed E-state index contributed by atoms with van der Waals surface area (Å²) in [6.07, 6.45) is 5.16. The molecule has 2 unspecified atom stereocenters. The Morgan fingerprint density at radius 3 is 2.55 bits per heavy atom. The minimum atomic E-state index is -1.20. The van der Waals surface area contributed by atoms with Crippen molar-refractivity contribution < 1.29 is 9.90 Å². The third kappa shape index (κ3) is 4.58. The van der Waals surface area contributed by atoms with Crippen LogP contribution in [0.25, 0.3) is 26.3 Å². The molecule has 6 rings (SSSR count). The molecular formula is C31H25N2O2S3. The van der Waals surface area contributed by atoms with Gasteiger partial charge in [-0.3, -0.25) is 0 Å². The number of fused-ring (bicyclic) bond motifs is 3. The van der Waals surface area contributed by atoms with Gasteiger partial charge in [0.2, 0.25) is 0 Å². The summed E-state index contributed by atoms with van der Waals surface area (Å²) in [6, 6.07) is 26.4. The van der Waals surface area contributed by atoms with Crippen molar-refractivity contribution in [2.45, 2.75) is 43.0 Å². The number of benzene rings is 2. The van der Waals surface area contributed by atoms with Crippen molar-refractivity contribution >= 4 is 57.9 Å². The summed E-state index contributed by atoms with van der Waals surface area (Å²) < 4.78 is 0. The second-order valence-electron chi connectivity index (χ2n) is 9.44. The van der Waals surface area contributed by atoms with E-state index < -0.39 is 5.97 Å². The molecule has 0 bridgehead atoms. The summed E-state index contributed by atoms with van der Waals surface area (Å²) in [5.41, 5.74) is 5.06. The first-order chi connectivity index (χ1) is 18.6. The van der Waals surface area contributed by atoms with Crippen LogP contribution in [-0.4, -0.2) is 17.1 Å². The number of thioether (sulfide) groups is 1. The van der Waals surface area contributed by atoms with E-state index in [1.807, 2.05) is 12.1 Å². The van der Waals surface area contributed by atoms with Crippen LogP contribution in [0.2, 0.25) is 0 Å². The van der Waals surface area contributed by atoms with E-state index in [2.05, 4.69) is 72.2 Å². The van der Waals surface area contributed by atoms with Crippen molar-refractivity contribution in [3.05, 3.63) is 88.5 Å². The van der Waals surface area contributed by atoms with Crippen molar-refractivity contribution in [1.29, 1.82) is 5.26 Å². The van der Waals surface area contributed by atoms with Crippen LogP contribution in [0.4, 0.5) is 11.4 Å². The highest BCUT2D eigenvalue weighted by atomic mass is 32.2. The maximum absolute atomic E-state index is 11.2. The largest absolute Gasteiger partial charge is 0.477 e. The SMILES string of the molecule is C[CH]Sc1ccc(N2c3ccc(-c4ccc(-c5ccc(C=C(C#N)C(=O)O)s5)s4)cc3C3CCCC32)cc1. The van der Waals surface area contributed by atoms with Gasteiger partial charge in [-0.15, -0.1) is 34.4 Å². The molecule has 2 atom stereocenters. The minimum absolute atomic E-state index is 0.253. The summed E-state index contributed by atoms with van der Waals surface area (Å²) in [4.78, 5) is 19.2. The van der Waals surface area contributed by atoms with Crippen molar-refractivity contribution in [3.63, 3.8) is 0 Å². The zero-order chi connectivity index (χ0) is 26.2. The molecule has 189 valence electrons. The number of aliphatic carboxylic acids is 1. The monoisotopic (exact) mass is 553 g/mol. The Morgan fingerprint density at radius 1 is 1.03 bits per heavy atom. The van der Waals surface area contributed by atoms with Crippen LogP contribution in [0.5, 0.6) is 0 Å². The first kappa shape index (κ1) is 25.0. The summed E-state index contributed by atoms with van der Waals surface area (Å²) in [5.74, 6) is 1.48. The molecule has 1 aliphatic heterocycles. The molecule has 1 saturated carbocycles. The summed E-state index contributed by atoms with van der Waals surface area (Å²) in [7, 11) is 0. The van der Waals surface area contributed by atoms with Gasteiger partial charge in [0.15, 0.2) is 0 Å². The van der Waals surface area contributed by atoms with Gasteiger partial charge in [0.1, 0.15) is 11.6 Å². The number of carboxylic acid groups (broad SMARTS) is 1. The second kappa shape index (κ2) is 10.5. The van der Waals surface area contributed by atoms with Crippen molar-refractivity contribution in [2.24, 2.45) is 0 Å². The second-order valence-corrected chi connectivity index (χ2v) is 12.8. The predicted molar refractivity (Wildman–Crippen MR) is 159 cm³/mol. The normalized spacial score (nSPS) is 18.3. The van der Waals surface area contributed by atoms with Gasteiger partial charge in [0, 0.05) is 53.5 Å². The Bertz CT molecular complexity index is 1580. The molecule has 4 nitrogen and oxygen atoms in total. The molecule has 3 heterocycles. The van der Waals surface area contributed by atoms with Gasteiger partial charge in [-0.2, -0.15) is 5.26 Å². The van der Waals surface area contributed by atoms with Gasteiger partial charge < -0.3 is 10.0 Å². The Hall–Kier alpha value is -3.31. The summed E-state index contributed by atoms with van der Waals surface area (Å²) >= 11 is 5.00. The van der Waals surface area contributed by atoms with Crippen LogP contribution in [0.3, 0.4) is 0 Å². The van der Waals surface area contributed by atoms with E-state index in [1.165, 1.54) is 68.9 Å². The lowest BCUT2D eigenvalue weighted by atomic mass is 9.95. The van der Waals surface area contributed by atoms with Crippen molar-refractivity contribution in [3.8, 4) is 26.3 Å². The third-order valence-corrected chi connectivity index (χ3v) is 10.4. The van der Waals surface area contributed by atoms with E-state index in [0.29, 0.717) is 12.0 Å². The fourth-order valence-electron chi connectivity index (χ4n) is 5.64. The maximum atomic E-state index is 11.2. The molecule has 0 amide bonds. The zero-order valence-corrected chi connectivity index (χ0v) is 23.2. The number of nitrogens with zero attached hydrogens (tertiary/aromatic N) is 2. The van der Waals surface area contributed by atoms with Gasteiger partial charge in [0.05, 0.1) is 0 Å². The molecule has 2 aromatic heterocycles. The number of hydrogen-bond acceptors (Lipinski definition) is 6. The number of hydrogen-bond donors (Lipinski definition) is 1. The predicted octanol–water partition coefficient (Wildman–Crippen LogP) is 9.20. The summed E-state index contributed by atoms with van der Waals surface area (Å²) in [5, 5.41) is 18.2. The van der Waals surface area contributed by atoms with Gasteiger partial charge in [0.25, 0.3) is 0 Å². The fourth-order valence-corrected chi connectivity index (χ4v) is 8.25. The molecule has 38 heavy (non-hydrogen) atoms. The van der Waals surface area contributed by atoms with Gasteiger partial charge >= 0.3 is 5.97 Å². The maximum Gasteiger partial charge on any atom is 0.346 e. The van der Waals surface area contributed by atoms with Gasteiger partial charge in [-0.05, 0) is 90.7 Å². The van der Waals surface area contributed by atoms with Crippen LogP contribution in [0.15, 0.2) is 77.2 Å². The smallest absolute Gasteiger partial charge is 0.346 e. The molecule has 1 radical (unpaired) electrons. The zero-order valence-electron chi connectivity index (χ0n) is 20.8. The number of carbonyl (C=O) groups is 1. The molecule has 1 aliphatic carbocycles. The number of rotatable bonds is 7. The Morgan fingerprint density at radius 2 is 1.79 bits per heavy atom. The van der Waals surface area contributed by atoms with E-state index in [9.17, 15) is 4.79 Å². The van der Waals surface area contributed by atoms with E-state index in [-0.39, 0.29) is 5.57 Å². The molecule has 1 N–H and O–H groups in total. The van der Waals surface area contributed by atoms with E-state index >= 15 is 0 Å². The molecule has 0 spiro atoms. The molecule has 4 aromatic rings.